The maximum Gasteiger partial charge on any atom is 0.269 e. The Kier molecular flexibility index (Phi) is 10.6. The van der Waals surface area contributed by atoms with E-state index in [2.05, 4.69) is 10.9 Å². The summed E-state index contributed by atoms with van der Waals surface area (Å²) in [5.74, 6) is 0.407. The van der Waals surface area contributed by atoms with Crippen LogP contribution < -0.4 is 30.8 Å². The van der Waals surface area contributed by atoms with Crippen molar-refractivity contribution in [3.63, 3.8) is 0 Å². The number of carbonyl (C=O) groups is 3. The molecule has 1 aromatic rings. The van der Waals surface area contributed by atoms with Gasteiger partial charge in [0, 0.05) is 17.7 Å². The molecular formula is C18H27N3O6S. The van der Waals surface area contributed by atoms with Crippen LogP contribution in [0.15, 0.2) is 12.1 Å². The Labute approximate surface area is 168 Å². The smallest absolute Gasteiger partial charge is 0.269 e. The SMILES string of the molecule is CCOc1cc(C(=O)NNC(=O)CCSCC(N)=O)cc(OCC)c1OCC. The summed E-state index contributed by atoms with van der Waals surface area (Å²) in [5.41, 5.74) is 9.95. The van der Waals surface area contributed by atoms with Crippen molar-refractivity contribution in [2.24, 2.45) is 5.73 Å². The second-order valence-electron chi connectivity index (χ2n) is 5.37. The van der Waals surface area contributed by atoms with Gasteiger partial charge in [-0.3, -0.25) is 25.2 Å². The van der Waals surface area contributed by atoms with E-state index in [9.17, 15) is 14.4 Å². The van der Waals surface area contributed by atoms with Crippen LogP contribution in [-0.2, 0) is 9.59 Å². The van der Waals surface area contributed by atoms with Gasteiger partial charge in [0.25, 0.3) is 5.91 Å². The summed E-state index contributed by atoms with van der Waals surface area (Å²) < 4.78 is 16.7. The van der Waals surface area contributed by atoms with E-state index >= 15 is 0 Å². The molecule has 0 aliphatic rings. The van der Waals surface area contributed by atoms with Gasteiger partial charge in [0.1, 0.15) is 0 Å². The van der Waals surface area contributed by atoms with Gasteiger partial charge in [-0.05, 0) is 32.9 Å². The molecule has 0 aliphatic carbocycles. The summed E-state index contributed by atoms with van der Waals surface area (Å²) in [6.07, 6.45) is 0.135. The Morgan fingerprint density at radius 1 is 0.964 bits per heavy atom. The van der Waals surface area contributed by atoms with Crippen LogP contribution >= 0.6 is 11.8 Å². The number of ether oxygens (including phenoxy) is 3. The number of amides is 3. The van der Waals surface area contributed by atoms with Crippen LogP contribution in [0.2, 0.25) is 0 Å². The number of hydrogen-bond donors (Lipinski definition) is 3. The van der Waals surface area contributed by atoms with Crippen molar-refractivity contribution < 1.29 is 28.6 Å². The number of hydrazine groups is 1. The zero-order valence-corrected chi connectivity index (χ0v) is 17.1. The standard InChI is InChI=1S/C18H27N3O6S/c1-4-25-13-9-12(10-14(26-5-2)17(13)27-6-3)18(24)21-20-16(23)7-8-28-11-15(19)22/h9-10H,4-8,11H2,1-3H3,(H2,19,22)(H,20,23)(H,21,24). The van der Waals surface area contributed by atoms with Gasteiger partial charge in [-0.2, -0.15) is 11.8 Å². The van der Waals surface area contributed by atoms with Gasteiger partial charge in [0.2, 0.25) is 17.6 Å². The normalized spacial score (nSPS) is 10.1. The zero-order valence-electron chi connectivity index (χ0n) is 16.3. The molecule has 9 nitrogen and oxygen atoms in total. The molecule has 3 amide bonds. The summed E-state index contributed by atoms with van der Waals surface area (Å²) in [6.45, 7) is 6.66. The summed E-state index contributed by atoms with van der Waals surface area (Å²) in [4.78, 5) is 34.8. The number of hydrogen-bond acceptors (Lipinski definition) is 7. The minimum atomic E-state index is -0.525. The maximum atomic E-state index is 12.4. The summed E-state index contributed by atoms with van der Waals surface area (Å²) in [6, 6.07) is 3.06. The van der Waals surface area contributed by atoms with Crippen LogP contribution in [0.4, 0.5) is 0 Å². The fourth-order valence-electron chi connectivity index (χ4n) is 2.12. The van der Waals surface area contributed by atoms with E-state index < -0.39 is 11.8 Å². The van der Waals surface area contributed by atoms with Crippen LogP contribution in [0.25, 0.3) is 0 Å². The van der Waals surface area contributed by atoms with Crippen LogP contribution in [-0.4, -0.2) is 49.0 Å². The Morgan fingerprint density at radius 2 is 1.54 bits per heavy atom. The fraction of sp³-hybridized carbons (Fsp3) is 0.500. The lowest BCUT2D eigenvalue weighted by Gasteiger charge is -2.17. The molecule has 4 N–H and O–H groups in total. The van der Waals surface area contributed by atoms with Gasteiger partial charge in [-0.1, -0.05) is 0 Å². The zero-order chi connectivity index (χ0) is 20.9. The first-order valence-corrected chi connectivity index (χ1v) is 10.1. The molecule has 0 atom stereocenters. The third-order valence-corrected chi connectivity index (χ3v) is 4.19. The number of nitrogens with two attached hydrogens (primary N) is 1. The Balaban J connectivity index is 2.78. The maximum absolute atomic E-state index is 12.4. The number of thioether (sulfide) groups is 1. The Morgan fingerprint density at radius 3 is 2.04 bits per heavy atom. The number of benzene rings is 1. The monoisotopic (exact) mass is 413 g/mol. The summed E-state index contributed by atoms with van der Waals surface area (Å²) >= 11 is 1.25. The van der Waals surface area contributed by atoms with E-state index in [1.807, 2.05) is 20.8 Å². The van der Waals surface area contributed by atoms with Crippen molar-refractivity contribution >= 4 is 29.5 Å². The average Bonchev–Trinajstić information content (AvgIpc) is 2.65. The van der Waals surface area contributed by atoms with Crippen LogP contribution in [0.3, 0.4) is 0 Å². The Bertz CT molecular complexity index is 656. The number of primary amides is 1. The molecule has 1 rings (SSSR count). The van der Waals surface area contributed by atoms with Gasteiger partial charge >= 0.3 is 0 Å². The molecule has 0 spiro atoms. The second-order valence-corrected chi connectivity index (χ2v) is 6.48. The molecule has 0 radical (unpaired) electrons. The quantitative estimate of drug-likeness (QED) is 0.347. The van der Waals surface area contributed by atoms with Crippen LogP contribution in [0.1, 0.15) is 37.6 Å². The van der Waals surface area contributed by atoms with Gasteiger partial charge in [-0.25, -0.2) is 0 Å². The van der Waals surface area contributed by atoms with E-state index in [-0.39, 0.29) is 23.6 Å². The lowest BCUT2D eigenvalue weighted by molar-refractivity contribution is -0.121. The van der Waals surface area contributed by atoms with Gasteiger partial charge in [0.05, 0.1) is 25.6 Å². The lowest BCUT2D eigenvalue weighted by Crippen LogP contribution is -2.41. The molecule has 0 aliphatic heterocycles. The minimum Gasteiger partial charge on any atom is -0.490 e. The highest BCUT2D eigenvalue weighted by Crippen LogP contribution is 2.39. The van der Waals surface area contributed by atoms with Crippen molar-refractivity contribution in [2.45, 2.75) is 27.2 Å². The highest BCUT2D eigenvalue weighted by atomic mass is 32.2. The van der Waals surface area contributed by atoms with Gasteiger partial charge < -0.3 is 19.9 Å². The topological polar surface area (TPSA) is 129 Å². The van der Waals surface area contributed by atoms with E-state index in [0.29, 0.717) is 42.8 Å². The third kappa shape index (κ3) is 7.95. The lowest BCUT2D eigenvalue weighted by atomic mass is 10.1. The van der Waals surface area contributed by atoms with E-state index in [0.717, 1.165) is 0 Å². The largest absolute Gasteiger partial charge is 0.490 e. The number of rotatable bonds is 12. The molecule has 156 valence electrons. The van der Waals surface area contributed by atoms with Gasteiger partial charge in [-0.15, -0.1) is 0 Å². The number of carbonyl (C=O) groups excluding carboxylic acids is 3. The summed E-state index contributed by atoms with van der Waals surface area (Å²) in [7, 11) is 0. The van der Waals surface area contributed by atoms with E-state index in [1.54, 1.807) is 0 Å². The third-order valence-electron chi connectivity index (χ3n) is 3.20. The van der Waals surface area contributed by atoms with Crippen molar-refractivity contribution in [1.29, 1.82) is 0 Å². The first-order chi connectivity index (χ1) is 13.4. The molecule has 1 aromatic carbocycles. The number of nitrogens with one attached hydrogen (secondary N) is 2. The van der Waals surface area contributed by atoms with E-state index in [1.165, 1.54) is 23.9 Å². The van der Waals surface area contributed by atoms with Gasteiger partial charge in [0.15, 0.2) is 11.5 Å². The summed E-state index contributed by atoms with van der Waals surface area (Å²) in [5, 5.41) is 0. The minimum absolute atomic E-state index is 0.135. The molecule has 0 aromatic heterocycles. The first kappa shape index (κ1) is 23.4. The molecule has 0 unspecified atom stereocenters. The van der Waals surface area contributed by atoms with Crippen molar-refractivity contribution in [3.8, 4) is 17.2 Å². The second kappa shape index (κ2) is 12.7. The average molecular weight is 413 g/mol. The van der Waals surface area contributed by atoms with Crippen molar-refractivity contribution in [2.75, 3.05) is 31.3 Å². The van der Waals surface area contributed by atoms with Crippen LogP contribution in [0.5, 0.6) is 17.2 Å². The molecule has 28 heavy (non-hydrogen) atoms. The molecule has 0 fully saturated rings. The van der Waals surface area contributed by atoms with Crippen LogP contribution in [0, 0.1) is 0 Å². The molecular weight excluding hydrogens is 386 g/mol. The van der Waals surface area contributed by atoms with Crippen molar-refractivity contribution in [1.82, 2.24) is 10.9 Å². The highest BCUT2D eigenvalue weighted by molar-refractivity contribution is 7.99. The predicted octanol–water partition coefficient (Wildman–Crippen LogP) is 1.25. The molecule has 0 saturated carbocycles. The van der Waals surface area contributed by atoms with Crippen molar-refractivity contribution in [3.05, 3.63) is 17.7 Å². The first-order valence-electron chi connectivity index (χ1n) is 8.94. The molecule has 0 saturated heterocycles. The highest BCUT2D eigenvalue weighted by Gasteiger charge is 2.18. The molecule has 0 bridgehead atoms. The molecule has 10 heteroatoms. The van der Waals surface area contributed by atoms with E-state index in [4.69, 9.17) is 19.9 Å². The predicted molar refractivity (Wildman–Crippen MR) is 107 cm³/mol. The molecule has 0 heterocycles. The Hall–Kier alpha value is -2.62. The fourth-order valence-corrected chi connectivity index (χ4v) is 2.79.